The van der Waals surface area contributed by atoms with Gasteiger partial charge in [0.1, 0.15) is 0 Å². The molecule has 1 aromatic carbocycles. The Morgan fingerprint density at radius 1 is 1.25 bits per heavy atom. The minimum atomic E-state index is -0.0398. The van der Waals surface area contributed by atoms with Gasteiger partial charge in [0.2, 0.25) is 0 Å². The monoisotopic (exact) mass is 554 g/mol. The van der Waals surface area contributed by atoms with E-state index in [-0.39, 0.29) is 35.9 Å². The number of halogens is 1. The van der Waals surface area contributed by atoms with Crippen LogP contribution in [-0.4, -0.2) is 46.2 Å². The Morgan fingerprint density at radius 2 is 1.97 bits per heavy atom. The van der Waals surface area contributed by atoms with Crippen molar-refractivity contribution in [1.29, 1.82) is 0 Å². The molecule has 1 amide bonds. The molecule has 32 heavy (non-hydrogen) atoms. The number of aryl methyl sites for hydroxylation is 1. The summed E-state index contributed by atoms with van der Waals surface area (Å²) in [5.41, 5.74) is 3.99. The summed E-state index contributed by atoms with van der Waals surface area (Å²) >= 11 is 0. The third-order valence-electron chi connectivity index (χ3n) is 5.18. The van der Waals surface area contributed by atoms with Gasteiger partial charge in [0.15, 0.2) is 5.96 Å². The average Bonchev–Trinajstić information content (AvgIpc) is 3.11. The summed E-state index contributed by atoms with van der Waals surface area (Å²) in [5.74, 6) is 1.16. The average molecular weight is 555 g/mol. The number of rotatable bonds is 9. The first-order chi connectivity index (χ1) is 14.7. The van der Waals surface area contributed by atoms with Gasteiger partial charge < -0.3 is 15.5 Å². The van der Waals surface area contributed by atoms with Gasteiger partial charge in [-0.05, 0) is 43.9 Å². The standard InChI is InChI=1S/C24H38N6O.HI/c1-8-18(5)27-23(31)20-12-10-11-19(13-20)14-26-24(25-9-2)29(6)15-21-16-30(7)28-22(21)17(3)4;/h10-13,16-18H,8-9,14-15H2,1-7H3,(H,25,26)(H,27,31);1H. The highest BCUT2D eigenvalue weighted by Gasteiger charge is 2.15. The minimum absolute atomic E-state index is 0. The quantitative estimate of drug-likeness (QED) is 0.276. The lowest BCUT2D eigenvalue weighted by atomic mass is 10.1. The van der Waals surface area contributed by atoms with Crippen LogP contribution in [0.15, 0.2) is 35.5 Å². The first kappa shape index (κ1) is 27.9. The van der Waals surface area contributed by atoms with Gasteiger partial charge in [-0.1, -0.05) is 32.9 Å². The van der Waals surface area contributed by atoms with Crippen LogP contribution in [0.2, 0.25) is 0 Å². The Kier molecular flexibility index (Phi) is 11.7. The normalized spacial score (nSPS) is 12.3. The van der Waals surface area contributed by atoms with Crippen LogP contribution >= 0.6 is 24.0 Å². The van der Waals surface area contributed by atoms with Gasteiger partial charge in [0, 0.05) is 50.6 Å². The number of carbonyl (C=O) groups excluding carboxylic acids is 1. The summed E-state index contributed by atoms with van der Waals surface area (Å²) in [7, 11) is 3.99. The summed E-state index contributed by atoms with van der Waals surface area (Å²) < 4.78 is 1.87. The number of hydrogen-bond acceptors (Lipinski definition) is 3. The molecule has 0 saturated carbocycles. The number of hydrogen-bond donors (Lipinski definition) is 2. The molecule has 8 heteroatoms. The van der Waals surface area contributed by atoms with E-state index in [1.807, 2.05) is 50.0 Å². The summed E-state index contributed by atoms with van der Waals surface area (Å²) in [6, 6.07) is 7.84. The topological polar surface area (TPSA) is 74.6 Å². The molecule has 0 radical (unpaired) electrons. The highest BCUT2D eigenvalue weighted by atomic mass is 127. The SMILES string of the molecule is CCNC(=NCc1cccc(C(=O)NC(C)CC)c1)N(C)Cc1cn(C)nc1C(C)C.I. The Labute approximate surface area is 210 Å². The molecule has 1 heterocycles. The van der Waals surface area contributed by atoms with Gasteiger partial charge in [-0.25, -0.2) is 4.99 Å². The van der Waals surface area contributed by atoms with Crippen molar-refractivity contribution in [1.82, 2.24) is 25.3 Å². The van der Waals surface area contributed by atoms with Crippen LogP contribution in [0, 0.1) is 0 Å². The van der Waals surface area contributed by atoms with Crippen molar-refractivity contribution >= 4 is 35.8 Å². The molecule has 0 bridgehead atoms. The predicted octanol–water partition coefficient (Wildman–Crippen LogP) is 4.29. The lowest BCUT2D eigenvalue weighted by Gasteiger charge is -2.22. The van der Waals surface area contributed by atoms with E-state index in [4.69, 9.17) is 4.99 Å². The van der Waals surface area contributed by atoms with Crippen LogP contribution in [0.1, 0.15) is 74.1 Å². The van der Waals surface area contributed by atoms with Crippen LogP contribution in [0.5, 0.6) is 0 Å². The number of amides is 1. The van der Waals surface area contributed by atoms with Crippen LogP contribution in [0.25, 0.3) is 0 Å². The van der Waals surface area contributed by atoms with Crippen molar-refractivity contribution in [2.45, 2.75) is 66.1 Å². The molecular weight excluding hydrogens is 515 g/mol. The summed E-state index contributed by atoms with van der Waals surface area (Å²) in [5, 5.41) is 11.0. The molecule has 7 nitrogen and oxygen atoms in total. The van der Waals surface area contributed by atoms with Crippen LogP contribution in [0.4, 0.5) is 0 Å². The number of aromatic nitrogens is 2. The fraction of sp³-hybridized carbons (Fsp3) is 0.542. The predicted molar refractivity (Wildman–Crippen MR) is 143 cm³/mol. The zero-order valence-corrected chi connectivity index (χ0v) is 22.8. The number of nitrogens with zero attached hydrogens (tertiary/aromatic N) is 4. The lowest BCUT2D eigenvalue weighted by molar-refractivity contribution is 0.0939. The zero-order chi connectivity index (χ0) is 23.0. The maximum Gasteiger partial charge on any atom is 0.251 e. The maximum absolute atomic E-state index is 12.4. The molecule has 0 fully saturated rings. The minimum Gasteiger partial charge on any atom is -0.357 e. The molecular formula is C24H39IN6O. The molecule has 1 aromatic heterocycles. The van der Waals surface area contributed by atoms with Gasteiger partial charge in [-0.15, -0.1) is 24.0 Å². The summed E-state index contributed by atoms with van der Waals surface area (Å²) in [4.78, 5) is 19.4. The molecule has 2 rings (SSSR count). The van der Waals surface area contributed by atoms with E-state index in [0.717, 1.165) is 36.7 Å². The highest BCUT2D eigenvalue weighted by molar-refractivity contribution is 14.0. The Bertz CT molecular complexity index is 892. The fourth-order valence-electron chi connectivity index (χ4n) is 3.35. The lowest BCUT2D eigenvalue weighted by Crippen LogP contribution is -2.38. The number of carbonyl (C=O) groups is 1. The van der Waals surface area contributed by atoms with Crippen molar-refractivity contribution in [3.63, 3.8) is 0 Å². The number of aliphatic imine (C=N–C) groups is 1. The third-order valence-corrected chi connectivity index (χ3v) is 5.18. The van der Waals surface area contributed by atoms with E-state index in [2.05, 4.69) is 54.5 Å². The highest BCUT2D eigenvalue weighted by Crippen LogP contribution is 2.18. The third kappa shape index (κ3) is 8.11. The molecule has 0 aliphatic carbocycles. The zero-order valence-electron chi connectivity index (χ0n) is 20.5. The molecule has 0 aliphatic rings. The van der Waals surface area contributed by atoms with Gasteiger partial charge in [-0.2, -0.15) is 5.10 Å². The van der Waals surface area contributed by atoms with E-state index >= 15 is 0 Å². The van der Waals surface area contributed by atoms with E-state index in [1.165, 1.54) is 5.56 Å². The Hall–Kier alpha value is -2.10. The second-order valence-electron chi connectivity index (χ2n) is 8.38. The van der Waals surface area contributed by atoms with Crippen molar-refractivity contribution in [2.75, 3.05) is 13.6 Å². The Morgan fingerprint density at radius 3 is 2.59 bits per heavy atom. The van der Waals surface area contributed by atoms with E-state index in [1.54, 1.807) is 0 Å². The molecule has 178 valence electrons. The van der Waals surface area contributed by atoms with Crippen molar-refractivity contribution < 1.29 is 4.79 Å². The van der Waals surface area contributed by atoms with E-state index in [0.29, 0.717) is 18.0 Å². The largest absolute Gasteiger partial charge is 0.357 e. The van der Waals surface area contributed by atoms with E-state index in [9.17, 15) is 4.79 Å². The molecule has 1 unspecified atom stereocenters. The van der Waals surface area contributed by atoms with Crippen LogP contribution < -0.4 is 10.6 Å². The first-order valence-electron chi connectivity index (χ1n) is 11.2. The van der Waals surface area contributed by atoms with Crippen molar-refractivity contribution in [2.24, 2.45) is 12.0 Å². The second kappa shape index (κ2) is 13.4. The van der Waals surface area contributed by atoms with Gasteiger partial charge in [-0.3, -0.25) is 9.48 Å². The number of benzene rings is 1. The Balaban J connectivity index is 0.00000512. The second-order valence-corrected chi connectivity index (χ2v) is 8.38. The number of nitrogens with one attached hydrogen (secondary N) is 2. The van der Waals surface area contributed by atoms with Crippen molar-refractivity contribution in [3.05, 3.63) is 52.8 Å². The summed E-state index contributed by atoms with van der Waals surface area (Å²) in [6.45, 7) is 12.5. The molecule has 0 saturated heterocycles. The van der Waals surface area contributed by atoms with E-state index < -0.39 is 0 Å². The molecule has 1 atom stereocenters. The molecule has 2 N–H and O–H groups in total. The maximum atomic E-state index is 12.4. The van der Waals surface area contributed by atoms with Gasteiger partial charge in [0.05, 0.1) is 12.2 Å². The van der Waals surface area contributed by atoms with Crippen molar-refractivity contribution in [3.8, 4) is 0 Å². The fourth-order valence-corrected chi connectivity index (χ4v) is 3.35. The molecule has 0 aliphatic heterocycles. The first-order valence-corrected chi connectivity index (χ1v) is 11.2. The summed E-state index contributed by atoms with van der Waals surface area (Å²) in [6.07, 6.45) is 2.98. The molecule has 0 spiro atoms. The smallest absolute Gasteiger partial charge is 0.251 e. The van der Waals surface area contributed by atoms with Crippen LogP contribution in [-0.2, 0) is 20.1 Å². The number of guanidine groups is 1. The molecule has 2 aromatic rings. The van der Waals surface area contributed by atoms with Crippen LogP contribution in [0.3, 0.4) is 0 Å². The van der Waals surface area contributed by atoms with Gasteiger partial charge in [0.25, 0.3) is 5.91 Å². The van der Waals surface area contributed by atoms with Gasteiger partial charge >= 0.3 is 0 Å².